The molecule has 0 aliphatic carbocycles. The van der Waals surface area contributed by atoms with Crippen molar-refractivity contribution < 1.29 is 9.53 Å². The van der Waals surface area contributed by atoms with Crippen LogP contribution in [0.5, 0.6) is 5.75 Å². The van der Waals surface area contributed by atoms with Gasteiger partial charge in [0, 0.05) is 29.9 Å². The van der Waals surface area contributed by atoms with E-state index in [1.807, 2.05) is 24.3 Å². The SMILES string of the molecule is C#CCC(CC#C)C(=O)Nc1nc(-c2cccc(OC)c2)ns1. The number of hydrogen-bond donors (Lipinski definition) is 1. The summed E-state index contributed by atoms with van der Waals surface area (Å²) in [4.78, 5) is 16.5. The van der Waals surface area contributed by atoms with Crippen molar-refractivity contribution in [1.82, 2.24) is 9.36 Å². The van der Waals surface area contributed by atoms with Gasteiger partial charge in [0.15, 0.2) is 5.82 Å². The van der Waals surface area contributed by atoms with Gasteiger partial charge in [-0.1, -0.05) is 12.1 Å². The predicted octanol–water partition coefficient (Wildman–Crippen LogP) is 2.82. The second kappa shape index (κ2) is 7.98. The lowest BCUT2D eigenvalue weighted by molar-refractivity contribution is -0.119. The molecule has 1 amide bonds. The summed E-state index contributed by atoms with van der Waals surface area (Å²) in [5, 5.41) is 3.12. The normalized spacial score (nSPS) is 9.91. The van der Waals surface area contributed by atoms with Crippen LogP contribution in [-0.4, -0.2) is 22.4 Å². The molecule has 0 aliphatic rings. The van der Waals surface area contributed by atoms with Crippen LogP contribution in [0.3, 0.4) is 0 Å². The van der Waals surface area contributed by atoms with Gasteiger partial charge in [-0.15, -0.1) is 24.7 Å². The first-order chi connectivity index (χ1) is 11.2. The molecule has 2 aromatic rings. The van der Waals surface area contributed by atoms with Crippen molar-refractivity contribution in [3.05, 3.63) is 24.3 Å². The van der Waals surface area contributed by atoms with E-state index < -0.39 is 5.92 Å². The molecule has 1 N–H and O–H groups in total. The van der Waals surface area contributed by atoms with Crippen LogP contribution in [-0.2, 0) is 4.79 Å². The van der Waals surface area contributed by atoms with Crippen LogP contribution in [0.25, 0.3) is 11.4 Å². The highest BCUT2D eigenvalue weighted by Crippen LogP contribution is 2.25. The monoisotopic (exact) mass is 325 g/mol. The molecule has 0 spiro atoms. The first-order valence-corrected chi connectivity index (χ1v) is 7.61. The predicted molar refractivity (Wildman–Crippen MR) is 90.9 cm³/mol. The van der Waals surface area contributed by atoms with Crippen molar-refractivity contribution in [2.45, 2.75) is 12.8 Å². The van der Waals surface area contributed by atoms with E-state index in [2.05, 4.69) is 26.5 Å². The number of aromatic nitrogens is 2. The molecule has 0 aliphatic heterocycles. The maximum Gasteiger partial charge on any atom is 0.231 e. The third kappa shape index (κ3) is 4.32. The third-order valence-electron chi connectivity index (χ3n) is 3.08. The Morgan fingerprint density at radius 1 is 1.39 bits per heavy atom. The fraction of sp³-hybridized carbons (Fsp3) is 0.235. The molecule has 0 atom stereocenters. The third-order valence-corrected chi connectivity index (χ3v) is 3.71. The van der Waals surface area contributed by atoms with Gasteiger partial charge in [0.1, 0.15) is 5.75 Å². The van der Waals surface area contributed by atoms with Gasteiger partial charge in [0.05, 0.1) is 13.0 Å². The number of nitrogens with one attached hydrogen (secondary N) is 1. The van der Waals surface area contributed by atoms with Gasteiger partial charge >= 0.3 is 0 Å². The van der Waals surface area contributed by atoms with E-state index in [0.29, 0.717) is 16.7 Å². The van der Waals surface area contributed by atoms with E-state index >= 15 is 0 Å². The molecule has 0 unspecified atom stereocenters. The maximum absolute atomic E-state index is 12.2. The van der Waals surface area contributed by atoms with Gasteiger partial charge in [-0.05, 0) is 12.1 Å². The Kier molecular flexibility index (Phi) is 5.74. The molecular weight excluding hydrogens is 310 g/mol. The summed E-state index contributed by atoms with van der Waals surface area (Å²) in [6.45, 7) is 0. The quantitative estimate of drug-likeness (QED) is 0.830. The Hall–Kier alpha value is -2.83. The van der Waals surface area contributed by atoms with Crippen LogP contribution in [0.1, 0.15) is 12.8 Å². The van der Waals surface area contributed by atoms with Crippen molar-refractivity contribution in [3.8, 4) is 41.8 Å². The zero-order chi connectivity index (χ0) is 16.7. The number of methoxy groups -OCH3 is 1. The van der Waals surface area contributed by atoms with E-state index in [9.17, 15) is 4.79 Å². The number of ether oxygens (including phenoxy) is 1. The summed E-state index contributed by atoms with van der Waals surface area (Å²) in [7, 11) is 1.59. The number of benzene rings is 1. The smallest absolute Gasteiger partial charge is 0.231 e. The van der Waals surface area contributed by atoms with Crippen molar-refractivity contribution >= 4 is 22.6 Å². The molecule has 2 rings (SSSR count). The van der Waals surface area contributed by atoms with E-state index in [-0.39, 0.29) is 18.7 Å². The van der Waals surface area contributed by atoms with Crippen LogP contribution in [0.4, 0.5) is 5.13 Å². The molecular formula is C17H15N3O2S. The van der Waals surface area contributed by atoms with E-state index in [1.165, 1.54) is 0 Å². The van der Waals surface area contributed by atoms with E-state index in [1.54, 1.807) is 7.11 Å². The number of terminal acetylenes is 2. The van der Waals surface area contributed by atoms with Crippen molar-refractivity contribution in [1.29, 1.82) is 0 Å². The average molecular weight is 325 g/mol. The highest BCUT2D eigenvalue weighted by molar-refractivity contribution is 7.10. The molecule has 0 bridgehead atoms. The summed E-state index contributed by atoms with van der Waals surface area (Å²) >= 11 is 1.10. The first-order valence-electron chi connectivity index (χ1n) is 6.84. The molecule has 0 radical (unpaired) electrons. The number of amides is 1. The minimum Gasteiger partial charge on any atom is -0.497 e. The Morgan fingerprint density at radius 3 is 2.78 bits per heavy atom. The summed E-state index contributed by atoms with van der Waals surface area (Å²) in [6.07, 6.45) is 11.1. The zero-order valence-electron chi connectivity index (χ0n) is 12.6. The van der Waals surface area contributed by atoms with Crippen LogP contribution in [0, 0.1) is 30.6 Å². The topological polar surface area (TPSA) is 64.1 Å². The van der Waals surface area contributed by atoms with Crippen LogP contribution < -0.4 is 10.1 Å². The maximum atomic E-state index is 12.2. The fourth-order valence-corrected chi connectivity index (χ4v) is 2.50. The zero-order valence-corrected chi connectivity index (χ0v) is 13.4. The average Bonchev–Trinajstić information content (AvgIpc) is 3.03. The van der Waals surface area contributed by atoms with Gasteiger partial charge < -0.3 is 10.1 Å². The van der Waals surface area contributed by atoms with Crippen molar-refractivity contribution in [3.63, 3.8) is 0 Å². The Balaban J connectivity index is 2.11. The van der Waals surface area contributed by atoms with Gasteiger partial charge in [-0.25, -0.2) is 0 Å². The number of rotatable bonds is 6. The lowest BCUT2D eigenvalue weighted by Gasteiger charge is -2.09. The number of hydrogen-bond acceptors (Lipinski definition) is 5. The molecule has 0 fully saturated rings. The molecule has 1 aromatic heterocycles. The second-order valence-electron chi connectivity index (χ2n) is 4.66. The molecule has 1 heterocycles. The molecule has 5 nitrogen and oxygen atoms in total. The minimum atomic E-state index is -0.422. The highest BCUT2D eigenvalue weighted by atomic mass is 32.1. The van der Waals surface area contributed by atoms with Crippen LogP contribution in [0.15, 0.2) is 24.3 Å². The lowest BCUT2D eigenvalue weighted by atomic mass is 10.0. The summed E-state index contributed by atoms with van der Waals surface area (Å²) in [5.74, 6) is 5.49. The Bertz CT molecular complexity index is 755. The standard InChI is InChI=1S/C17H15N3O2S/c1-4-7-12(8-5-2)16(21)19-17-18-15(20-23-17)13-9-6-10-14(11-13)22-3/h1-2,6,9-12H,7-8H2,3H3,(H,18,19,20,21). The molecule has 23 heavy (non-hydrogen) atoms. The van der Waals surface area contributed by atoms with Crippen LogP contribution >= 0.6 is 11.5 Å². The summed E-state index contributed by atoms with van der Waals surface area (Å²) in [5.41, 5.74) is 0.810. The Morgan fingerprint density at radius 2 is 2.13 bits per heavy atom. The fourth-order valence-electron chi connectivity index (χ4n) is 1.90. The van der Waals surface area contributed by atoms with Gasteiger partial charge in [0.2, 0.25) is 11.0 Å². The number of nitrogens with zero attached hydrogens (tertiary/aromatic N) is 2. The van der Waals surface area contributed by atoms with Gasteiger partial charge in [-0.3, -0.25) is 4.79 Å². The van der Waals surface area contributed by atoms with Crippen LogP contribution in [0.2, 0.25) is 0 Å². The minimum absolute atomic E-state index is 0.241. The van der Waals surface area contributed by atoms with E-state index in [4.69, 9.17) is 17.6 Å². The number of anilines is 1. The van der Waals surface area contributed by atoms with E-state index in [0.717, 1.165) is 17.1 Å². The summed E-state index contributed by atoms with van der Waals surface area (Å²) < 4.78 is 9.42. The molecule has 0 saturated heterocycles. The number of carbonyl (C=O) groups excluding carboxylic acids is 1. The van der Waals surface area contributed by atoms with Crippen molar-refractivity contribution in [2.24, 2.45) is 5.92 Å². The largest absolute Gasteiger partial charge is 0.497 e. The summed E-state index contributed by atoms with van der Waals surface area (Å²) in [6, 6.07) is 7.38. The molecule has 116 valence electrons. The second-order valence-corrected chi connectivity index (χ2v) is 5.41. The lowest BCUT2D eigenvalue weighted by Crippen LogP contribution is -2.22. The first kappa shape index (κ1) is 16.5. The molecule has 6 heteroatoms. The van der Waals surface area contributed by atoms with Crippen molar-refractivity contribution in [2.75, 3.05) is 12.4 Å². The van der Waals surface area contributed by atoms with Gasteiger partial charge in [0.25, 0.3) is 0 Å². The molecule has 0 saturated carbocycles. The molecule has 1 aromatic carbocycles. The number of carbonyl (C=O) groups is 1. The Labute approximate surface area is 139 Å². The van der Waals surface area contributed by atoms with Gasteiger partial charge in [-0.2, -0.15) is 9.36 Å². The highest BCUT2D eigenvalue weighted by Gasteiger charge is 2.18.